The number of ether oxygens (including phenoxy) is 1. The maximum absolute atomic E-state index is 6.09. The van der Waals surface area contributed by atoms with Crippen LogP contribution < -0.4 is 10.6 Å². The second-order valence-corrected chi connectivity index (χ2v) is 6.77. The molecule has 7 heteroatoms. The van der Waals surface area contributed by atoms with E-state index in [0.29, 0.717) is 11.2 Å². The highest BCUT2D eigenvalue weighted by Gasteiger charge is 2.40. The predicted octanol–water partition coefficient (Wildman–Crippen LogP) is 2.64. The van der Waals surface area contributed by atoms with Crippen molar-refractivity contribution in [2.45, 2.75) is 30.9 Å². The molecule has 2 aliphatic heterocycles. The van der Waals surface area contributed by atoms with E-state index in [0.717, 1.165) is 43.1 Å². The molecule has 0 aromatic carbocycles. The van der Waals surface area contributed by atoms with Crippen LogP contribution in [0.5, 0.6) is 0 Å². The molecular weight excluding hydrogens is 296 g/mol. The highest BCUT2D eigenvalue weighted by molar-refractivity contribution is 7.99. The standard InChI is InChI=1S/C13H19ClN4OS/c1-15-10-11(14)16-8-17-12(10)18-9-2-4-19-13(6-9)3-5-20-7-13/h8-9,15H,2-7H2,1H3,(H,16,17,18). The summed E-state index contributed by atoms with van der Waals surface area (Å²) in [5.41, 5.74) is 0.826. The van der Waals surface area contributed by atoms with Gasteiger partial charge in [0.15, 0.2) is 11.0 Å². The number of hydrogen-bond donors (Lipinski definition) is 2. The lowest BCUT2D eigenvalue weighted by atomic mass is 9.90. The molecule has 1 aromatic rings. The minimum atomic E-state index is 0.0667. The van der Waals surface area contributed by atoms with Crippen molar-refractivity contribution in [1.82, 2.24) is 9.97 Å². The van der Waals surface area contributed by atoms with Crippen molar-refractivity contribution in [2.75, 3.05) is 35.8 Å². The fourth-order valence-corrected chi connectivity index (χ4v) is 4.51. The minimum Gasteiger partial charge on any atom is -0.383 e. The average Bonchev–Trinajstić information content (AvgIpc) is 2.87. The van der Waals surface area contributed by atoms with E-state index < -0.39 is 0 Å². The highest BCUT2D eigenvalue weighted by Crippen LogP contribution is 2.39. The molecule has 2 N–H and O–H groups in total. The molecule has 2 saturated heterocycles. The average molecular weight is 315 g/mol. The third-order valence-electron chi connectivity index (χ3n) is 3.95. The molecule has 110 valence electrons. The Labute approximate surface area is 128 Å². The van der Waals surface area contributed by atoms with Gasteiger partial charge in [0.05, 0.1) is 5.60 Å². The van der Waals surface area contributed by atoms with E-state index in [1.807, 2.05) is 18.8 Å². The zero-order chi connectivity index (χ0) is 14.0. The number of hydrogen-bond acceptors (Lipinski definition) is 6. The maximum Gasteiger partial charge on any atom is 0.157 e. The molecule has 2 aliphatic rings. The first-order valence-electron chi connectivity index (χ1n) is 6.89. The minimum absolute atomic E-state index is 0.0667. The Hall–Kier alpha value is -0.720. The second-order valence-electron chi connectivity index (χ2n) is 5.31. The molecule has 0 bridgehead atoms. The van der Waals surface area contributed by atoms with Crippen LogP contribution in [0.25, 0.3) is 0 Å². The first-order chi connectivity index (χ1) is 9.72. The van der Waals surface area contributed by atoms with Crippen LogP contribution in [0.1, 0.15) is 19.3 Å². The molecule has 5 nitrogen and oxygen atoms in total. The summed E-state index contributed by atoms with van der Waals surface area (Å²) in [5, 5.41) is 7.01. The fourth-order valence-electron chi connectivity index (χ4n) is 2.90. The molecule has 2 unspecified atom stereocenters. The smallest absolute Gasteiger partial charge is 0.157 e. The number of thioether (sulfide) groups is 1. The Balaban J connectivity index is 1.73. The van der Waals surface area contributed by atoms with Crippen molar-refractivity contribution in [3.63, 3.8) is 0 Å². The van der Waals surface area contributed by atoms with Crippen LogP contribution in [-0.4, -0.2) is 46.8 Å². The van der Waals surface area contributed by atoms with Crippen LogP contribution in [0, 0.1) is 0 Å². The fraction of sp³-hybridized carbons (Fsp3) is 0.692. The monoisotopic (exact) mass is 314 g/mol. The van der Waals surface area contributed by atoms with Gasteiger partial charge >= 0.3 is 0 Å². The Kier molecular flexibility index (Phi) is 4.23. The molecule has 0 saturated carbocycles. The molecule has 2 fully saturated rings. The topological polar surface area (TPSA) is 59.1 Å². The molecule has 20 heavy (non-hydrogen) atoms. The summed E-state index contributed by atoms with van der Waals surface area (Å²) in [6.07, 6.45) is 4.67. The Morgan fingerprint density at radius 3 is 3.15 bits per heavy atom. The molecule has 3 heterocycles. The summed E-state index contributed by atoms with van der Waals surface area (Å²) in [5.74, 6) is 3.09. The Morgan fingerprint density at radius 1 is 1.50 bits per heavy atom. The van der Waals surface area contributed by atoms with Gasteiger partial charge in [0, 0.05) is 25.4 Å². The van der Waals surface area contributed by atoms with Crippen molar-refractivity contribution in [1.29, 1.82) is 0 Å². The first-order valence-corrected chi connectivity index (χ1v) is 8.42. The van der Waals surface area contributed by atoms with Crippen LogP contribution in [0.3, 0.4) is 0 Å². The zero-order valence-corrected chi connectivity index (χ0v) is 13.1. The molecule has 0 aliphatic carbocycles. The SMILES string of the molecule is CNc1c(Cl)ncnc1NC1CCOC2(CCSC2)C1. The molecular formula is C13H19ClN4OS. The van der Waals surface area contributed by atoms with Crippen molar-refractivity contribution >= 4 is 34.9 Å². The van der Waals surface area contributed by atoms with Gasteiger partial charge in [-0.25, -0.2) is 9.97 Å². The summed E-state index contributed by atoms with van der Waals surface area (Å²) < 4.78 is 6.04. The molecule has 2 atom stereocenters. The van der Waals surface area contributed by atoms with E-state index >= 15 is 0 Å². The van der Waals surface area contributed by atoms with E-state index in [1.165, 1.54) is 12.1 Å². The first kappa shape index (κ1) is 14.2. The number of rotatable bonds is 3. The van der Waals surface area contributed by atoms with Crippen molar-refractivity contribution in [2.24, 2.45) is 0 Å². The van der Waals surface area contributed by atoms with Gasteiger partial charge in [0.25, 0.3) is 0 Å². The van der Waals surface area contributed by atoms with Crippen LogP contribution in [0.2, 0.25) is 5.15 Å². The van der Waals surface area contributed by atoms with Gasteiger partial charge in [-0.1, -0.05) is 11.6 Å². The summed E-state index contributed by atoms with van der Waals surface area (Å²) in [7, 11) is 1.83. The number of nitrogens with one attached hydrogen (secondary N) is 2. The van der Waals surface area contributed by atoms with Crippen LogP contribution in [0.4, 0.5) is 11.5 Å². The molecule has 1 aromatic heterocycles. The van der Waals surface area contributed by atoms with Gasteiger partial charge < -0.3 is 15.4 Å². The Bertz CT molecular complexity index is 481. The van der Waals surface area contributed by atoms with E-state index in [4.69, 9.17) is 16.3 Å². The van der Waals surface area contributed by atoms with Gasteiger partial charge in [0.1, 0.15) is 12.0 Å². The second kappa shape index (κ2) is 5.95. The molecule has 0 amide bonds. The van der Waals surface area contributed by atoms with Crippen LogP contribution in [0.15, 0.2) is 6.33 Å². The number of halogens is 1. The number of anilines is 2. The molecule has 1 spiro atoms. The van der Waals surface area contributed by atoms with Crippen LogP contribution >= 0.6 is 23.4 Å². The van der Waals surface area contributed by atoms with E-state index in [1.54, 1.807) is 0 Å². The third-order valence-corrected chi connectivity index (χ3v) is 5.46. The lowest BCUT2D eigenvalue weighted by molar-refractivity contribution is -0.0628. The number of nitrogens with zero attached hydrogens (tertiary/aromatic N) is 2. The normalized spacial score (nSPS) is 29.6. The van der Waals surface area contributed by atoms with Gasteiger partial charge in [-0.2, -0.15) is 11.8 Å². The third kappa shape index (κ3) is 2.82. The lowest BCUT2D eigenvalue weighted by Crippen LogP contribution is -2.44. The zero-order valence-electron chi connectivity index (χ0n) is 11.5. The van der Waals surface area contributed by atoms with E-state index in [-0.39, 0.29) is 5.60 Å². The lowest BCUT2D eigenvalue weighted by Gasteiger charge is -2.38. The summed E-state index contributed by atoms with van der Waals surface area (Å²) in [6.45, 7) is 0.811. The van der Waals surface area contributed by atoms with E-state index in [9.17, 15) is 0 Å². The van der Waals surface area contributed by atoms with Crippen molar-refractivity contribution in [3.8, 4) is 0 Å². The predicted molar refractivity (Wildman–Crippen MR) is 83.9 cm³/mol. The van der Waals surface area contributed by atoms with E-state index in [2.05, 4.69) is 20.6 Å². The summed E-state index contributed by atoms with van der Waals surface area (Å²) in [4.78, 5) is 8.30. The summed E-state index contributed by atoms with van der Waals surface area (Å²) >= 11 is 8.07. The van der Waals surface area contributed by atoms with Crippen molar-refractivity contribution < 1.29 is 4.74 Å². The molecule has 3 rings (SSSR count). The van der Waals surface area contributed by atoms with Gasteiger partial charge in [-0.3, -0.25) is 0 Å². The van der Waals surface area contributed by atoms with Crippen LogP contribution in [-0.2, 0) is 4.74 Å². The maximum atomic E-state index is 6.09. The highest BCUT2D eigenvalue weighted by atomic mass is 35.5. The summed E-state index contributed by atoms with van der Waals surface area (Å²) in [6, 6.07) is 0.375. The number of aromatic nitrogens is 2. The quantitative estimate of drug-likeness (QED) is 0.837. The largest absolute Gasteiger partial charge is 0.383 e. The van der Waals surface area contributed by atoms with Gasteiger partial charge in [-0.15, -0.1) is 0 Å². The van der Waals surface area contributed by atoms with Gasteiger partial charge in [-0.05, 0) is 25.0 Å². The van der Waals surface area contributed by atoms with Crippen molar-refractivity contribution in [3.05, 3.63) is 11.5 Å². The Morgan fingerprint density at radius 2 is 2.40 bits per heavy atom. The van der Waals surface area contributed by atoms with Gasteiger partial charge in [0.2, 0.25) is 0 Å². The molecule has 0 radical (unpaired) electrons.